The molecular formula is C34H25N7O12S3. The van der Waals surface area contributed by atoms with Crippen molar-refractivity contribution in [1.29, 1.82) is 0 Å². The van der Waals surface area contributed by atoms with Gasteiger partial charge in [0.25, 0.3) is 30.4 Å². The van der Waals surface area contributed by atoms with Gasteiger partial charge in [-0.1, -0.05) is 24.3 Å². The van der Waals surface area contributed by atoms with Crippen LogP contribution in [-0.2, 0) is 35.1 Å². The van der Waals surface area contributed by atoms with Crippen LogP contribution in [-0.4, -0.2) is 67.0 Å². The fourth-order valence-corrected chi connectivity index (χ4v) is 7.02. The second kappa shape index (κ2) is 14.9. The molecule has 4 aromatic rings. The number of aliphatic hydroxyl groups excluding tert-OH is 1. The van der Waals surface area contributed by atoms with Gasteiger partial charge in [-0.15, -0.1) is 5.11 Å². The molecule has 6 rings (SSSR count). The van der Waals surface area contributed by atoms with Crippen molar-refractivity contribution in [3.05, 3.63) is 119 Å². The number of nitrogen functional groups attached to an aromatic ring is 1. The van der Waals surface area contributed by atoms with Crippen molar-refractivity contribution in [2.24, 2.45) is 20.4 Å². The van der Waals surface area contributed by atoms with Gasteiger partial charge in [-0.3, -0.25) is 34.1 Å². The van der Waals surface area contributed by atoms with Crippen molar-refractivity contribution in [2.75, 3.05) is 16.6 Å². The minimum atomic E-state index is -5.20. The molecular weight excluding hydrogens is 795 g/mol. The minimum absolute atomic E-state index is 0.0144. The number of anilines is 3. The summed E-state index contributed by atoms with van der Waals surface area (Å²) in [6.07, 6.45) is 4.38. The Hall–Kier alpha value is -6.69. The number of azo groups is 1. The lowest BCUT2D eigenvalue weighted by Crippen LogP contribution is -2.28. The lowest BCUT2D eigenvalue weighted by molar-refractivity contribution is -0.110. The van der Waals surface area contributed by atoms with E-state index >= 15 is 0 Å². The van der Waals surface area contributed by atoms with Crippen LogP contribution in [0, 0.1) is 0 Å². The maximum Gasteiger partial charge on any atom is 0.296 e. The molecule has 4 aromatic carbocycles. The first kappa shape index (κ1) is 39.0. The lowest BCUT2D eigenvalue weighted by atomic mass is 9.92. The Bertz CT molecular complexity index is 2850. The van der Waals surface area contributed by atoms with E-state index in [1.54, 1.807) is 36.4 Å². The van der Waals surface area contributed by atoms with Gasteiger partial charge in [-0.05, 0) is 89.5 Å². The number of nitrogens with one attached hydrogen (secondary N) is 2. The normalized spacial score (nSPS) is 16.2. The number of carbonyl (C=O) groups is 2. The number of allylic oxidation sites excluding steroid dienone is 4. The smallest absolute Gasteiger partial charge is 0.296 e. The molecule has 19 nitrogen and oxygen atoms in total. The summed E-state index contributed by atoms with van der Waals surface area (Å²) in [5.41, 5.74) is 10.6. The second-order valence-electron chi connectivity index (χ2n) is 11.7. The molecule has 0 saturated heterocycles. The number of fused-ring (bicyclic) bond motifs is 1. The molecule has 0 saturated carbocycles. The van der Waals surface area contributed by atoms with Crippen molar-refractivity contribution in [3.63, 3.8) is 0 Å². The molecule has 0 spiro atoms. The number of hydrazone groups is 2. The van der Waals surface area contributed by atoms with Gasteiger partial charge in [-0.25, -0.2) is 0 Å². The van der Waals surface area contributed by atoms with Gasteiger partial charge in [0.05, 0.1) is 33.2 Å². The zero-order chi connectivity index (χ0) is 40.6. The summed E-state index contributed by atoms with van der Waals surface area (Å²) in [4.78, 5) is 22.6. The van der Waals surface area contributed by atoms with Crippen LogP contribution in [0.25, 0.3) is 17.2 Å². The molecule has 0 unspecified atom stereocenters. The molecule has 2 aliphatic carbocycles. The van der Waals surface area contributed by atoms with Crippen LogP contribution in [0.5, 0.6) is 0 Å². The van der Waals surface area contributed by atoms with E-state index < -0.39 is 79.0 Å². The van der Waals surface area contributed by atoms with Crippen LogP contribution in [0.2, 0.25) is 0 Å². The summed E-state index contributed by atoms with van der Waals surface area (Å²) in [6.45, 7) is 0. The number of hydrogen-bond acceptors (Lipinski definition) is 16. The first-order valence-electron chi connectivity index (χ1n) is 15.5. The average Bonchev–Trinajstić information content (AvgIpc) is 3.13. The minimum Gasteiger partial charge on any atom is -0.505 e. The Kier molecular flexibility index (Phi) is 10.4. The van der Waals surface area contributed by atoms with Gasteiger partial charge in [0.1, 0.15) is 27.0 Å². The fraction of sp³-hybridized carbons (Fsp3) is 0. The van der Waals surface area contributed by atoms with E-state index in [0.29, 0.717) is 11.8 Å². The monoisotopic (exact) mass is 819 g/mol. The zero-order valence-electron chi connectivity index (χ0n) is 28.0. The number of Topliss-reactive ketones (excluding diaryl/α,β-unsaturated/α-hetero) is 1. The Balaban J connectivity index is 1.28. The molecule has 0 radical (unpaired) electrons. The van der Waals surface area contributed by atoms with Crippen molar-refractivity contribution in [1.82, 2.24) is 0 Å². The number of benzene rings is 4. The highest BCUT2D eigenvalue weighted by Crippen LogP contribution is 2.41. The molecule has 0 amide bonds. The van der Waals surface area contributed by atoms with Crippen LogP contribution < -0.4 is 16.6 Å². The molecule has 0 aromatic heterocycles. The van der Waals surface area contributed by atoms with Crippen molar-refractivity contribution < 1.29 is 53.6 Å². The van der Waals surface area contributed by atoms with Gasteiger partial charge in [0, 0.05) is 6.08 Å². The van der Waals surface area contributed by atoms with Crippen molar-refractivity contribution >= 4 is 87.9 Å². The molecule has 2 aliphatic rings. The number of ketones is 2. The Morgan fingerprint density at radius 3 is 1.77 bits per heavy atom. The Labute approximate surface area is 317 Å². The highest BCUT2D eigenvalue weighted by atomic mass is 32.2. The Morgan fingerprint density at radius 1 is 0.643 bits per heavy atom. The zero-order valence-corrected chi connectivity index (χ0v) is 30.4. The number of nitrogens with two attached hydrogens (primary N) is 1. The van der Waals surface area contributed by atoms with Gasteiger partial charge < -0.3 is 10.8 Å². The number of rotatable bonds is 10. The molecule has 0 aliphatic heterocycles. The van der Waals surface area contributed by atoms with Gasteiger partial charge >= 0.3 is 0 Å². The second-order valence-corrected chi connectivity index (χ2v) is 15.9. The molecule has 0 fully saturated rings. The quantitative estimate of drug-likeness (QED) is 0.0360. The van der Waals surface area contributed by atoms with Crippen LogP contribution >= 0.6 is 0 Å². The first-order chi connectivity index (χ1) is 26.3. The third-order valence-corrected chi connectivity index (χ3v) is 10.5. The van der Waals surface area contributed by atoms with Gasteiger partial charge in [-0.2, -0.15) is 40.6 Å². The molecule has 0 atom stereocenters. The summed E-state index contributed by atoms with van der Waals surface area (Å²) in [5, 5.41) is 25.6. The van der Waals surface area contributed by atoms with Gasteiger partial charge in [0.2, 0.25) is 5.78 Å². The standard InChI is InChI=1S/C34H25N7O12S3/c35-31-30-20(16-29(56(51,52)53)33(34(30)44)41-38-23-9-12-25(13-10-23)54(45,46)47)15-28(55(48,49)50)32(31)40-37-22-7-3-19(4-8-22)18-1-5-21(6-2-18)36-39-26-14-11-24(42)17-27(26)43/h1-17,36,38,43H,35H2,(H,45,46,47)(H,48,49,50)(H,51,52,53)/b39-26+,40-37?,41-33+. The summed E-state index contributed by atoms with van der Waals surface area (Å²) < 4.78 is 101. The Morgan fingerprint density at radius 2 is 1.21 bits per heavy atom. The molecule has 22 heteroatoms. The van der Waals surface area contributed by atoms with Crippen molar-refractivity contribution in [3.8, 4) is 11.1 Å². The maximum absolute atomic E-state index is 13.7. The van der Waals surface area contributed by atoms with Gasteiger partial charge in [0.15, 0.2) is 11.5 Å². The third kappa shape index (κ3) is 8.49. The predicted molar refractivity (Wildman–Crippen MR) is 204 cm³/mol. The number of nitrogens with zero attached hydrogens (tertiary/aromatic N) is 4. The molecule has 0 heterocycles. The third-order valence-electron chi connectivity index (χ3n) is 7.90. The summed E-state index contributed by atoms with van der Waals surface area (Å²) in [5.74, 6) is -1.85. The predicted octanol–water partition coefficient (Wildman–Crippen LogP) is 5.09. The molecule has 56 heavy (non-hydrogen) atoms. The number of aliphatic hydroxyl groups is 1. The van der Waals surface area contributed by atoms with E-state index in [0.717, 1.165) is 47.5 Å². The topological polar surface area (TPSA) is 317 Å². The number of hydrogen-bond donors (Lipinski definition) is 7. The first-order valence-corrected chi connectivity index (χ1v) is 19.8. The van der Waals surface area contributed by atoms with E-state index in [1.807, 2.05) is 0 Å². The van der Waals surface area contributed by atoms with E-state index in [-0.39, 0.29) is 28.6 Å². The fourth-order valence-electron chi connectivity index (χ4n) is 5.21. The van der Waals surface area contributed by atoms with Crippen LogP contribution in [0.15, 0.2) is 138 Å². The molecule has 8 N–H and O–H groups in total. The average molecular weight is 820 g/mol. The molecule has 286 valence electrons. The van der Waals surface area contributed by atoms with E-state index in [4.69, 9.17) is 5.73 Å². The van der Waals surface area contributed by atoms with E-state index in [1.165, 1.54) is 24.3 Å². The van der Waals surface area contributed by atoms with Crippen molar-refractivity contribution in [2.45, 2.75) is 9.79 Å². The summed E-state index contributed by atoms with van der Waals surface area (Å²) >= 11 is 0. The summed E-state index contributed by atoms with van der Waals surface area (Å²) in [6, 6.07) is 18.3. The maximum atomic E-state index is 13.7. The number of carbonyl (C=O) groups excluding carboxylic acids is 2. The van der Waals surface area contributed by atoms with E-state index in [2.05, 4.69) is 31.3 Å². The largest absolute Gasteiger partial charge is 0.505 e. The van der Waals surface area contributed by atoms with E-state index in [9.17, 15) is 53.6 Å². The van der Waals surface area contributed by atoms with Crippen LogP contribution in [0.1, 0.15) is 15.9 Å². The highest BCUT2D eigenvalue weighted by Gasteiger charge is 2.37. The molecule has 0 bridgehead atoms. The van der Waals surface area contributed by atoms with Crippen LogP contribution in [0.4, 0.5) is 28.4 Å². The highest BCUT2D eigenvalue weighted by molar-refractivity contribution is 7.91. The SMILES string of the molecule is Nc1c(N=Nc2ccc(-c3ccc(N/N=C4\C=CC(=O)C=C4O)cc3)cc2)c(S(=O)(=O)O)cc2c1C(=O)/C(=N/Nc1ccc(S(=O)(=O)O)cc1)C(S(=O)(=O)O)=C2. The lowest BCUT2D eigenvalue weighted by Gasteiger charge is -2.20. The summed E-state index contributed by atoms with van der Waals surface area (Å²) in [7, 11) is -14.9. The van der Waals surface area contributed by atoms with Crippen LogP contribution in [0.3, 0.4) is 0 Å².